The van der Waals surface area contributed by atoms with Crippen LogP contribution in [-0.4, -0.2) is 53.9 Å². The van der Waals surface area contributed by atoms with Gasteiger partial charge in [0.05, 0.1) is 20.3 Å². The van der Waals surface area contributed by atoms with Gasteiger partial charge in [-0.05, 0) is 17.5 Å². The minimum absolute atomic E-state index is 0.00376. The number of carbonyl (C=O) groups excluding carboxylic acids is 1. The van der Waals surface area contributed by atoms with E-state index < -0.39 is 6.10 Å². The average molecular weight is 355 g/mol. The van der Waals surface area contributed by atoms with Crippen molar-refractivity contribution in [3.63, 3.8) is 0 Å². The van der Waals surface area contributed by atoms with Crippen LogP contribution in [-0.2, 0) is 16.0 Å². The van der Waals surface area contributed by atoms with Crippen molar-refractivity contribution in [1.82, 2.24) is 15.1 Å². The number of aromatic nitrogens is 2. The number of hydrogen-bond donors (Lipinski definition) is 0. The summed E-state index contributed by atoms with van der Waals surface area (Å²) in [4.78, 5) is 14.8. The van der Waals surface area contributed by atoms with Crippen molar-refractivity contribution in [3.05, 3.63) is 47.5 Å². The zero-order valence-corrected chi connectivity index (χ0v) is 14.6. The van der Waals surface area contributed by atoms with E-state index >= 15 is 0 Å². The van der Waals surface area contributed by atoms with Gasteiger partial charge in [-0.3, -0.25) is 4.79 Å². The maximum Gasteiger partial charge on any atom is 0.256 e. The van der Waals surface area contributed by atoms with E-state index in [0.717, 1.165) is 18.4 Å². The normalized spacial score (nSPS) is 22.0. The third-order valence-corrected chi connectivity index (χ3v) is 4.79. The van der Waals surface area contributed by atoms with Gasteiger partial charge in [0.15, 0.2) is 6.10 Å². The summed E-state index contributed by atoms with van der Waals surface area (Å²) < 4.78 is 16.6. The Bertz CT molecular complexity index is 781. The van der Waals surface area contributed by atoms with Crippen LogP contribution < -0.4 is 9.47 Å². The molecule has 0 saturated carbocycles. The summed E-state index contributed by atoms with van der Waals surface area (Å²) >= 11 is 0. The zero-order chi connectivity index (χ0) is 17.9. The molecule has 0 aliphatic carbocycles. The Morgan fingerprint density at radius 1 is 1.19 bits per heavy atom. The molecule has 1 amide bonds. The van der Waals surface area contributed by atoms with Gasteiger partial charge >= 0.3 is 0 Å². The van der Waals surface area contributed by atoms with Crippen LogP contribution in [0.25, 0.3) is 0 Å². The van der Waals surface area contributed by atoms with Gasteiger partial charge in [-0.15, -0.1) is 10.2 Å². The smallest absolute Gasteiger partial charge is 0.256 e. The standard InChI is InChI=1S/C19H21N3O4/c1-24-16-6-7-17(21-20-16)26-14-8-10-22(12-14)19(23)18-15-5-3-2-4-13(15)9-11-25-18/h2-7,14,18H,8-12H2,1H3. The van der Waals surface area contributed by atoms with Crippen LogP contribution in [0.4, 0.5) is 0 Å². The van der Waals surface area contributed by atoms with Crippen molar-refractivity contribution in [2.75, 3.05) is 26.8 Å². The lowest BCUT2D eigenvalue weighted by molar-refractivity contribution is -0.144. The van der Waals surface area contributed by atoms with Gasteiger partial charge in [-0.2, -0.15) is 0 Å². The topological polar surface area (TPSA) is 73.8 Å². The largest absolute Gasteiger partial charge is 0.480 e. The number of methoxy groups -OCH3 is 1. The highest BCUT2D eigenvalue weighted by Gasteiger charge is 2.35. The number of amides is 1. The highest BCUT2D eigenvalue weighted by molar-refractivity contribution is 5.83. The fourth-order valence-corrected chi connectivity index (χ4v) is 3.44. The van der Waals surface area contributed by atoms with Crippen LogP contribution in [0.3, 0.4) is 0 Å². The molecule has 7 heteroatoms. The molecular formula is C19H21N3O4. The lowest BCUT2D eigenvalue weighted by Gasteiger charge is -2.28. The summed E-state index contributed by atoms with van der Waals surface area (Å²) in [6.45, 7) is 1.74. The molecule has 2 atom stereocenters. The molecule has 26 heavy (non-hydrogen) atoms. The molecule has 0 radical (unpaired) electrons. The first-order valence-electron chi connectivity index (χ1n) is 8.77. The van der Waals surface area contributed by atoms with E-state index in [9.17, 15) is 4.79 Å². The molecule has 1 aromatic heterocycles. The van der Waals surface area contributed by atoms with E-state index in [1.165, 1.54) is 12.7 Å². The first-order chi connectivity index (χ1) is 12.7. The lowest BCUT2D eigenvalue weighted by Crippen LogP contribution is -2.37. The van der Waals surface area contributed by atoms with Gasteiger partial charge in [0.1, 0.15) is 6.10 Å². The Kier molecular flexibility index (Phi) is 4.71. The van der Waals surface area contributed by atoms with Gasteiger partial charge in [-0.25, -0.2) is 0 Å². The van der Waals surface area contributed by atoms with Crippen molar-refractivity contribution in [2.24, 2.45) is 0 Å². The summed E-state index contributed by atoms with van der Waals surface area (Å²) in [6.07, 6.45) is 0.996. The fourth-order valence-electron chi connectivity index (χ4n) is 3.44. The van der Waals surface area contributed by atoms with Crippen molar-refractivity contribution in [1.29, 1.82) is 0 Å². The first-order valence-corrected chi connectivity index (χ1v) is 8.77. The van der Waals surface area contributed by atoms with E-state index in [1.54, 1.807) is 12.1 Å². The number of likely N-dealkylation sites (tertiary alicyclic amines) is 1. The summed E-state index contributed by atoms with van der Waals surface area (Å²) in [6, 6.07) is 11.4. The Morgan fingerprint density at radius 2 is 2.00 bits per heavy atom. The van der Waals surface area contributed by atoms with Gasteiger partial charge in [0.2, 0.25) is 11.8 Å². The maximum absolute atomic E-state index is 12.9. The van der Waals surface area contributed by atoms with Gasteiger partial charge < -0.3 is 19.1 Å². The average Bonchev–Trinajstić information content (AvgIpc) is 3.16. The molecule has 0 spiro atoms. The number of carbonyl (C=O) groups is 1. The van der Waals surface area contributed by atoms with E-state index in [1.807, 2.05) is 23.1 Å². The Labute approximate surface area is 151 Å². The predicted molar refractivity (Wildman–Crippen MR) is 93.0 cm³/mol. The van der Waals surface area contributed by atoms with Crippen molar-refractivity contribution in [2.45, 2.75) is 25.0 Å². The minimum Gasteiger partial charge on any atom is -0.480 e. The van der Waals surface area contributed by atoms with Gasteiger partial charge in [-0.1, -0.05) is 24.3 Å². The summed E-state index contributed by atoms with van der Waals surface area (Å²) in [7, 11) is 1.54. The molecule has 2 aliphatic rings. The molecule has 1 aromatic carbocycles. The highest BCUT2D eigenvalue weighted by Crippen LogP contribution is 2.30. The Morgan fingerprint density at radius 3 is 2.81 bits per heavy atom. The first kappa shape index (κ1) is 16.8. The number of nitrogens with zero attached hydrogens (tertiary/aromatic N) is 3. The quantitative estimate of drug-likeness (QED) is 0.832. The predicted octanol–water partition coefficient (Wildman–Crippen LogP) is 1.78. The second kappa shape index (κ2) is 7.29. The SMILES string of the molecule is COc1ccc(OC2CCN(C(=O)C3OCCc4ccccc43)C2)nn1. The van der Waals surface area contributed by atoms with Crippen LogP contribution in [0.15, 0.2) is 36.4 Å². The maximum atomic E-state index is 12.9. The number of hydrogen-bond acceptors (Lipinski definition) is 6. The molecule has 3 heterocycles. The van der Waals surface area contributed by atoms with Gasteiger partial charge in [0.25, 0.3) is 5.91 Å². The molecule has 7 nitrogen and oxygen atoms in total. The summed E-state index contributed by atoms with van der Waals surface area (Å²) in [5.74, 6) is 0.877. The molecule has 0 bridgehead atoms. The molecule has 0 N–H and O–H groups in total. The van der Waals surface area contributed by atoms with Crippen LogP contribution in [0.1, 0.15) is 23.7 Å². The lowest BCUT2D eigenvalue weighted by atomic mass is 9.97. The van der Waals surface area contributed by atoms with Crippen LogP contribution in [0.2, 0.25) is 0 Å². The molecule has 1 fully saturated rings. The fraction of sp³-hybridized carbons (Fsp3) is 0.421. The summed E-state index contributed by atoms with van der Waals surface area (Å²) in [5, 5.41) is 7.87. The molecular weight excluding hydrogens is 334 g/mol. The number of rotatable bonds is 4. The zero-order valence-electron chi connectivity index (χ0n) is 14.6. The van der Waals surface area contributed by atoms with E-state index in [2.05, 4.69) is 16.3 Å². The van der Waals surface area contributed by atoms with Crippen LogP contribution in [0, 0.1) is 0 Å². The Hall–Kier alpha value is -2.67. The number of fused-ring (bicyclic) bond motifs is 1. The third kappa shape index (κ3) is 3.35. The van der Waals surface area contributed by atoms with Crippen molar-refractivity contribution >= 4 is 5.91 Å². The molecule has 4 rings (SSSR count). The van der Waals surface area contributed by atoms with Crippen molar-refractivity contribution in [3.8, 4) is 11.8 Å². The second-order valence-electron chi connectivity index (χ2n) is 6.43. The van der Waals surface area contributed by atoms with Crippen LogP contribution >= 0.6 is 0 Å². The number of benzene rings is 1. The monoisotopic (exact) mass is 355 g/mol. The second-order valence-corrected chi connectivity index (χ2v) is 6.43. The Balaban J connectivity index is 1.40. The summed E-state index contributed by atoms with van der Waals surface area (Å²) in [5.41, 5.74) is 2.17. The minimum atomic E-state index is -0.514. The molecule has 136 valence electrons. The van der Waals surface area contributed by atoms with E-state index in [0.29, 0.717) is 31.5 Å². The highest BCUT2D eigenvalue weighted by atomic mass is 16.5. The van der Waals surface area contributed by atoms with Gasteiger partial charge in [0, 0.05) is 25.1 Å². The van der Waals surface area contributed by atoms with Crippen molar-refractivity contribution < 1.29 is 19.0 Å². The molecule has 2 aliphatic heterocycles. The van der Waals surface area contributed by atoms with E-state index in [4.69, 9.17) is 14.2 Å². The number of ether oxygens (including phenoxy) is 3. The van der Waals surface area contributed by atoms with E-state index in [-0.39, 0.29) is 12.0 Å². The van der Waals surface area contributed by atoms with Crippen LogP contribution in [0.5, 0.6) is 11.8 Å². The molecule has 1 saturated heterocycles. The molecule has 2 unspecified atom stereocenters. The molecule has 2 aromatic rings. The third-order valence-electron chi connectivity index (χ3n) is 4.79.